The molecule has 5 heteroatoms. The lowest BCUT2D eigenvalue weighted by Gasteiger charge is -2.22. The summed E-state index contributed by atoms with van der Waals surface area (Å²) in [5.41, 5.74) is 1.02. The predicted octanol–water partition coefficient (Wildman–Crippen LogP) is 2.20. The van der Waals surface area contributed by atoms with E-state index in [4.69, 9.17) is 0 Å². The predicted molar refractivity (Wildman–Crippen MR) is 83.1 cm³/mol. The summed E-state index contributed by atoms with van der Waals surface area (Å²) in [6, 6.07) is 6.96. The van der Waals surface area contributed by atoms with Crippen LogP contribution in [0, 0.1) is 11.7 Å². The smallest absolute Gasteiger partial charge is 0.239 e. The second-order valence-electron chi connectivity index (χ2n) is 7.04. The summed E-state index contributed by atoms with van der Waals surface area (Å²) >= 11 is 0. The molecule has 1 aromatic rings. The van der Waals surface area contributed by atoms with Gasteiger partial charge in [0.2, 0.25) is 11.8 Å². The van der Waals surface area contributed by atoms with E-state index < -0.39 is 0 Å². The van der Waals surface area contributed by atoms with E-state index in [0.29, 0.717) is 6.04 Å². The van der Waals surface area contributed by atoms with E-state index in [9.17, 15) is 14.0 Å². The minimum atomic E-state index is -0.256. The number of halogens is 1. The van der Waals surface area contributed by atoms with Gasteiger partial charge in [0.25, 0.3) is 0 Å². The third kappa shape index (κ3) is 3.38. The minimum Gasteiger partial charge on any atom is -0.352 e. The SMILES string of the molecule is O=C(CN(C(=O)C1CC1c1ccc(F)cc1)C1CC1)NC1CC1. The van der Waals surface area contributed by atoms with E-state index in [2.05, 4.69) is 5.32 Å². The highest BCUT2D eigenvalue weighted by atomic mass is 19.1. The molecule has 0 aliphatic heterocycles. The highest BCUT2D eigenvalue weighted by Crippen LogP contribution is 2.49. The lowest BCUT2D eigenvalue weighted by Crippen LogP contribution is -2.43. The topological polar surface area (TPSA) is 49.4 Å². The van der Waals surface area contributed by atoms with Gasteiger partial charge in [0, 0.05) is 18.0 Å². The molecule has 2 atom stereocenters. The number of amides is 2. The summed E-state index contributed by atoms with van der Waals surface area (Å²) in [7, 11) is 0. The first-order valence-corrected chi connectivity index (χ1v) is 8.47. The van der Waals surface area contributed by atoms with Crippen molar-refractivity contribution in [3.05, 3.63) is 35.6 Å². The maximum Gasteiger partial charge on any atom is 0.239 e. The number of carbonyl (C=O) groups excluding carboxylic acids is 2. The Balaban J connectivity index is 1.38. The third-order valence-electron chi connectivity index (χ3n) is 4.93. The van der Waals surface area contributed by atoms with Crippen LogP contribution >= 0.6 is 0 Å². The van der Waals surface area contributed by atoms with Gasteiger partial charge in [-0.05, 0) is 55.7 Å². The van der Waals surface area contributed by atoms with E-state index in [1.165, 1.54) is 12.1 Å². The fraction of sp³-hybridized carbons (Fsp3) is 0.556. The summed E-state index contributed by atoms with van der Waals surface area (Å²) in [5.74, 6) is -0.0706. The van der Waals surface area contributed by atoms with Gasteiger partial charge in [0.15, 0.2) is 0 Å². The molecule has 0 radical (unpaired) electrons. The second kappa shape index (κ2) is 5.62. The molecule has 2 amide bonds. The number of carbonyl (C=O) groups is 2. The Morgan fingerprint density at radius 2 is 1.83 bits per heavy atom. The highest BCUT2D eigenvalue weighted by molar-refractivity contribution is 5.88. The molecule has 3 saturated carbocycles. The van der Waals surface area contributed by atoms with E-state index in [0.717, 1.165) is 37.7 Å². The quantitative estimate of drug-likeness (QED) is 0.875. The average molecular weight is 316 g/mol. The van der Waals surface area contributed by atoms with Gasteiger partial charge in [0.1, 0.15) is 5.82 Å². The molecule has 0 bridgehead atoms. The van der Waals surface area contributed by atoms with E-state index in [1.807, 2.05) is 0 Å². The number of nitrogens with zero attached hydrogens (tertiary/aromatic N) is 1. The number of benzene rings is 1. The van der Waals surface area contributed by atoms with Gasteiger partial charge in [0.05, 0.1) is 6.54 Å². The van der Waals surface area contributed by atoms with Crippen molar-refractivity contribution in [2.24, 2.45) is 5.92 Å². The standard InChI is InChI=1S/C18H21FN2O2/c19-12-3-1-11(2-4-12)15-9-16(15)18(23)21(14-7-8-14)10-17(22)20-13-5-6-13/h1-4,13-16H,5-10H2,(H,20,22). The Labute approximate surface area is 135 Å². The van der Waals surface area contributed by atoms with Crippen LogP contribution in [-0.4, -0.2) is 35.3 Å². The first kappa shape index (κ1) is 14.7. The fourth-order valence-electron chi connectivity index (χ4n) is 3.19. The Morgan fingerprint density at radius 3 is 2.43 bits per heavy atom. The van der Waals surface area contributed by atoms with Gasteiger partial charge in [-0.1, -0.05) is 12.1 Å². The van der Waals surface area contributed by atoms with Crippen LogP contribution in [0.1, 0.15) is 43.6 Å². The van der Waals surface area contributed by atoms with Crippen LogP contribution in [0.2, 0.25) is 0 Å². The molecule has 3 aliphatic rings. The van der Waals surface area contributed by atoms with Crippen molar-refractivity contribution in [2.45, 2.75) is 50.1 Å². The van der Waals surface area contributed by atoms with Crippen molar-refractivity contribution in [2.75, 3.05) is 6.54 Å². The van der Waals surface area contributed by atoms with Gasteiger partial charge in [-0.15, -0.1) is 0 Å². The maximum absolute atomic E-state index is 13.0. The molecule has 0 aromatic heterocycles. The number of rotatable bonds is 6. The molecule has 1 aromatic carbocycles. The molecule has 3 fully saturated rings. The van der Waals surface area contributed by atoms with Gasteiger partial charge >= 0.3 is 0 Å². The number of hydrogen-bond donors (Lipinski definition) is 1. The Kier molecular flexibility index (Phi) is 3.58. The number of hydrogen-bond acceptors (Lipinski definition) is 2. The Morgan fingerprint density at radius 1 is 1.13 bits per heavy atom. The molecule has 2 unspecified atom stereocenters. The third-order valence-corrected chi connectivity index (χ3v) is 4.93. The van der Waals surface area contributed by atoms with Crippen molar-refractivity contribution in [3.8, 4) is 0 Å². The zero-order valence-corrected chi connectivity index (χ0v) is 13.0. The summed E-state index contributed by atoms with van der Waals surface area (Å²) < 4.78 is 13.0. The maximum atomic E-state index is 13.0. The molecule has 4 nitrogen and oxygen atoms in total. The monoisotopic (exact) mass is 316 g/mol. The van der Waals surface area contributed by atoms with Crippen LogP contribution in [0.5, 0.6) is 0 Å². The van der Waals surface area contributed by atoms with Gasteiger partial charge in [-0.2, -0.15) is 0 Å². The van der Waals surface area contributed by atoms with Crippen LogP contribution in [0.15, 0.2) is 24.3 Å². The first-order chi connectivity index (χ1) is 11.1. The van der Waals surface area contributed by atoms with Gasteiger partial charge < -0.3 is 10.2 Å². The normalized spacial score (nSPS) is 25.8. The van der Waals surface area contributed by atoms with Crippen LogP contribution in [0.3, 0.4) is 0 Å². The highest BCUT2D eigenvalue weighted by Gasteiger charge is 2.48. The second-order valence-corrected chi connectivity index (χ2v) is 7.04. The van der Waals surface area contributed by atoms with E-state index in [-0.39, 0.29) is 42.1 Å². The Bertz CT molecular complexity index is 622. The van der Waals surface area contributed by atoms with Crippen molar-refractivity contribution in [3.63, 3.8) is 0 Å². The van der Waals surface area contributed by atoms with Crippen LogP contribution in [0.4, 0.5) is 4.39 Å². The molecular formula is C18H21FN2O2. The van der Waals surface area contributed by atoms with Crippen molar-refractivity contribution >= 4 is 11.8 Å². The average Bonchev–Trinajstić information content (AvgIpc) is 3.34. The number of nitrogens with one attached hydrogen (secondary N) is 1. The largest absolute Gasteiger partial charge is 0.352 e. The molecule has 1 N–H and O–H groups in total. The van der Waals surface area contributed by atoms with Gasteiger partial charge in [-0.25, -0.2) is 4.39 Å². The minimum absolute atomic E-state index is 0.0354. The summed E-state index contributed by atoms with van der Waals surface area (Å²) in [6.07, 6.45) is 4.90. The van der Waals surface area contributed by atoms with Crippen molar-refractivity contribution in [1.82, 2.24) is 10.2 Å². The fourth-order valence-corrected chi connectivity index (χ4v) is 3.19. The molecule has 0 saturated heterocycles. The van der Waals surface area contributed by atoms with Gasteiger partial charge in [-0.3, -0.25) is 9.59 Å². The zero-order chi connectivity index (χ0) is 16.0. The molecule has 122 valence electrons. The molecule has 23 heavy (non-hydrogen) atoms. The lowest BCUT2D eigenvalue weighted by atomic mass is 10.1. The Hall–Kier alpha value is -1.91. The van der Waals surface area contributed by atoms with Crippen molar-refractivity contribution in [1.29, 1.82) is 0 Å². The molecular weight excluding hydrogens is 295 g/mol. The first-order valence-electron chi connectivity index (χ1n) is 8.47. The van der Waals surface area contributed by atoms with Crippen LogP contribution < -0.4 is 5.32 Å². The molecule has 0 heterocycles. The van der Waals surface area contributed by atoms with E-state index in [1.54, 1.807) is 17.0 Å². The summed E-state index contributed by atoms with van der Waals surface area (Å²) in [6.45, 7) is 0.187. The van der Waals surface area contributed by atoms with Crippen LogP contribution in [0.25, 0.3) is 0 Å². The lowest BCUT2D eigenvalue weighted by molar-refractivity contribution is -0.137. The summed E-state index contributed by atoms with van der Waals surface area (Å²) in [4.78, 5) is 26.5. The van der Waals surface area contributed by atoms with Crippen LogP contribution in [-0.2, 0) is 9.59 Å². The molecule has 0 spiro atoms. The van der Waals surface area contributed by atoms with E-state index >= 15 is 0 Å². The van der Waals surface area contributed by atoms with Crippen molar-refractivity contribution < 1.29 is 14.0 Å². The zero-order valence-electron chi connectivity index (χ0n) is 13.0. The molecule has 3 aliphatic carbocycles. The summed E-state index contributed by atoms with van der Waals surface area (Å²) in [5, 5.41) is 2.96. The molecule has 4 rings (SSSR count).